The van der Waals surface area contributed by atoms with E-state index in [2.05, 4.69) is 26.8 Å². The lowest BCUT2D eigenvalue weighted by Gasteiger charge is -2.22. The molecule has 0 fully saturated rings. The molecule has 2 heteroatoms. The molecule has 2 rings (SSSR count). The van der Waals surface area contributed by atoms with Gasteiger partial charge in [0.15, 0.2) is 0 Å². The Hall–Kier alpha value is -1.80. The average Bonchev–Trinajstić information content (AvgIpc) is 2.39. The van der Waals surface area contributed by atoms with Crippen molar-refractivity contribution >= 4 is 0 Å². The molecule has 0 saturated heterocycles. The topological polar surface area (TPSA) is 35.2 Å². The van der Waals surface area contributed by atoms with E-state index in [0.29, 0.717) is 6.54 Å². The fourth-order valence-corrected chi connectivity index (χ4v) is 2.00. The Morgan fingerprint density at radius 1 is 0.947 bits per heavy atom. The highest BCUT2D eigenvalue weighted by atomic mass is 16.5. The summed E-state index contributed by atoms with van der Waals surface area (Å²) in [5.74, 6) is 1.75. The molecule has 0 saturated carbocycles. The van der Waals surface area contributed by atoms with Crippen LogP contribution in [0.15, 0.2) is 48.5 Å². The van der Waals surface area contributed by atoms with Gasteiger partial charge in [-0.05, 0) is 29.2 Å². The van der Waals surface area contributed by atoms with E-state index in [1.807, 2.05) is 42.5 Å². The first-order chi connectivity index (χ1) is 9.00. The molecule has 0 aromatic heterocycles. The van der Waals surface area contributed by atoms with Gasteiger partial charge in [-0.1, -0.05) is 51.1 Å². The van der Waals surface area contributed by atoms with Crippen molar-refractivity contribution in [1.82, 2.24) is 0 Å². The van der Waals surface area contributed by atoms with Crippen molar-refractivity contribution in [3.05, 3.63) is 59.7 Å². The SMILES string of the molecule is CC(C)(C)c1ccccc1Oc1ccc(CN)cc1. The minimum absolute atomic E-state index is 0.0633. The number of nitrogens with two attached hydrogens (primary N) is 1. The van der Waals surface area contributed by atoms with Crippen molar-refractivity contribution < 1.29 is 4.74 Å². The Bertz CT molecular complexity index is 538. The molecular weight excluding hydrogens is 234 g/mol. The smallest absolute Gasteiger partial charge is 0.131 e. The third kappa shape index (κ3) is 3.36. The zero-order valence-corrected chi connectivity index (χ0v) is 11.8. The summed E-state index contributed by atoms with van der Waals surface area (Å²) < 4.78 is 5.99. The fourth-order valence-electron chi connectivity index (χ4n) is 2.00. The van der Waals surface area contributed by atoms with E-state index >= 15 is 0 Å². The van der Waals surface area contributed by atoms with Crippen LogP contribution in [-0.4, -0.2) is 0 Å². The highest BCUT2D eigenvalue weighted by molar-refractivity contribution is 5.41. The maximum Gasteiger partial charge on any atom is 0.131 e. The van der Waals surface area contributed by atoms with E-state index in [9.17, 15) is 0 Å². The number of rotatable bonds is 3. The Morgan fingerprint density at radius 3 is 2.16 bits per heavy atom. The Balaban J connectivity index is 2.28. The van der Waals surface area contributed by atoms with Crippen molar-refractivity contribution in [3.8, 4) is 11.5 Å². The Morgan fingerprint density at radius 2 is 1.58 bits per heavy atom. The first-order valence-electron chi connectivity index (χ1n) is 6.57. The molecule has 0 aliphatic rings. The van der Waals surface area contributed by atoms with E-state index in [0.717, 1.165) is 17.1 Å². The van der Waals surface area contributed by atoms with Crippen molar-refractivity contribution in [1.29, 1.82) is 0 Å². The summed E-state index contributed by atoms with van der Waals surface area (Å²) in [4.78, 5) is 0. The molecule has 0 aliphatic heterocycles. The fraction of sp³-hybridized carbons (Fsp3) is 0.294. The lowest BCUT2D eigenvalue weighted by atomic mass is 9.86. The Labute approximate surface area is 115 Å². The minimum atomic E-state index is 0.0633. The van der Waals surface area contributed by atoms with Gasteiger partial charge < -0.3 is 10.5 Å². The zero-order valence-electron chi connectivity index (χ0n) is 11.8. The third-order valence-corrected chi connectivity index (χ3v) is 3.08. The Kier molecular flexibility index (Phi) is 3.91. The van der Waals surface area contributed by atoms with Crippen LogP contribution < -0.4 is 10.5 Å². The molecule has 2 nitrogen and oxygen atoms in total. The monoisotopic (exact) mass is 255 g/mol. The summed E-state index contributed by atoms with van der Waals surface area (Å²) in [5.41, 5.74) is 7.97. The number of para-hydroxylation sites is 1. The molecule has 2 aromatic rings. The van der Waals surface area contributed by atoms with Crippen LogP contribution >= 0.6 is 0 Å². The van der Waals surface area contributed by atoms with Crippen LogP contribution in [0.5, 0.6) is 11.5 Å². The molecule has 0 heterocycles. The lowest BCUT2D eigenvalue weighted by Crippen LogP contribution is -2.12. The van der Waals surface area contributed by atoms with Crippen molar-refractivity contribution in [2.75, 3.05) is 0 Å². The highest BCUT2D eigenvalue weighted by Crippen LogP contribution is 2.33. The molecule has 19 heavy (non-hydrogen) atoms. The van der Waals surface area contributed by atoms with Crippen LogP contribution in [0.4, 0.5) is 0 Å². The van der Waals surface area contributed by atoms with Crippen molar-refractivity contribution in [2.45, 2.75) is 32.7 Å². The van der Waals surface area contributed by atoms with Gasteiger partial charge in [-0.2, -0.15) is 0 Å². The standard InChI is InChI=1S/C17H21NO/c1-17(2,3)15-6-4-5-7-16(15)19-14-10-8-13(12-18)9-11-14/h4-11H,12,18H2,1-3H3. The van der Waals surface area contributed by atoms with Gasteiger partial charge in [0.2, 0.25) is 0 Å². The van der Waals surface area contributed by atoms with Gasteiger partial charge in [-0.15, -0.1) is 0 Å². The molecule has 2 N–H and O–H groups in total. The molecule has 0 spiro atoms. The summed E-state index contributed by atoms with van der Waals surface area (Å²) >= 11 is 0. The summed E-state index contributed by atoms with van der Waals surface area (Å²) in [5, 5.41) is 0. The molecule has 0 atom stereocenters. The number of benzene rings is 2. The van der Waals surface area contributed by atoms with E-state index < -0.39 is 0 Å². The largest absolute Gasteiger partial charge is 0.457 e. The minimum Gasteiger partial charge on any atom is -0.457 e. The summed E-state index contributed by atoms with van der Waals surface area (Å²) in [6, 6.07) is 16.1. The second-order valence-corrected chi connectivity index (χ2v) is 5.70. The predicted octanol–water partition coefficient (Wildman–Crippen LogP) is 4.24. The first kappa shape index (κ1) is 13.6. The van der Waals surface area contributed by atoms with Gasteiger partial charge in [0.05, 0.1) is 0 Å². The molecule has 0 radical (unpaired) electrons. The van der Waals surface area contributed by atoms with Gasteiger partial charge >= 0.3 is 0 Å². The second kappa shape index (κ2) is 5.45. The summed E-state index contributed by atoms with van der Waals surface area (Å²) in [6.07, 6.45) is 0. The molecular formula is C17H21NO. The molecule has 0 unspecified atom stereocenters. The highest BCUT2D eigenvalue weighted by Gasteiger charge is 2.18. The maximum atomic E-state index is 5.99. The molecule has 100 valence electrons. The van der Waals surface area contributed by atoms with Crippen molar-refractivity contribution in [2.24, 2.45) is 5.73 Å². The normalized spacial score (nSPS) is 11.4. The quantitative estimate of drug-likeness (QED) is 0.890. The molecule has 2 aromatic carbocycles. The summed E-state index contributed by atoms with van der Waals surface area (Å²) in [6.45, 7) is 7.12. The van der Waals surface area contributed by atoms with Crippen LogP contribution in [-0.2, 0) is 12.0 Å². The first-order valence-corrected chi connectivity index (χ1v) is 6.57. The van der Waals surface area contributed by atoms with Crippen LogP contribution in [0.3, 0.4) is 0 Å². The van der Waals surface area contributed by atoms with E-state index in [1.165, 1.54) is 5.56 Å². The molecule has 0 amide bonds. The second-order valence-electron chi connectivity index (χ2n) is 5.70. The van der Waals surface area contributed by atoms with Crippen LogP contribution in [0.1, 0.15) is 31.9 Å². The molecule has 0 bridgehead atoms. The van der Waals surface area contributed by atoms with Crippen molar-refractivity contribution in [3.63, 3.8) is 0 Å². The van der Waals surface area contributed by atoms with Gasteiger partial charge in [0, 0.05) is 12.1 Å². The van der Waals surface area contributed by atoms with Gasteiger partial charge in [-0.3, -0.25) is 0 Å². The van der Waals surface area contributed by atoms with Crippen LogP contribution in [0, 0.1) is 0 Å². The number of hydrogen-bond donors (Lipinski definition) is 1. The third-order valence-electron chi connectivity index (χ3n) is 3.08. The van der Waals surface area contributed by atoms with E-state index in [1.54, 1.807) is 0 Å². The van der Waals surface area contributed by atoms with Gasteiger partial charge in [0.25, 0.3) is 0 Å². The lowest BCUT2D eigenvalue weighted by molar-refractivity contribution is 0.455. The van der Waals surface area contributed by atoms with E-state index in [-0.39, 0.29) is 5.41 Å². The van der Waals surface area contributed by atoms with Crippen LogP contribution in [0.25, 0.3) is 0 Å². The van der Waals surface area contributed by atoms with E-state index in [4.69, 9.17) is 10.5 Å². The molecule has 0 aliphatic carbocycles. The number of ether oxygens (including phenoxy) is 1. The zero-order chi connectivity index (χ0) is 13.9. The van der Waals surface area contributed by atoms with Crippen LogP contribution in [0.2, 0.25) is 0 Å². The predicted molar refractivity (Wildman–Crippen MR) is 79.5 cm³/mol. The maximum absolute atomic E-state index is 5.99. The van der Waals surface area contributed by atoms with Gasteiger partial charge in [0.1, 0.15) is 11.5 Å². The number of hydrogen-bond acceptors (Lipinski definition) is 2. The summed E-state index contributed by atoms with van der Waals surface area (Å²) in [7, 11) is 0. The van der Waals surface area contributed by atoms with Gasteiger partial charge in [-0.25, -0.2) is 0 Å². The average molecular weight is 255 g/mol.